The summed E-state index contributed by atoms with van der Waals surface area (Å²) in [5.41, 5.74) is 0.669. The third-order valence-corrected chi connectivity index (χ3v) is 3.07. The van der Waals surface area contributed by atoms with Crippen LogP contribution in [0.1, 0.15) is 24.5 Å². The van der Waals surface area contributed by atoms with Gasteiger partial charge in [0.2, 0.25) is 0 Å². The van der Waals surface area contributed by atoms with Crippen LogP contribution in [-0.4, -0.2) is 5.11 Å². The van der Waals surface area contributed by atoms with E-state index in [-0.39, 0.29) is 5.82 Å². The number of aliphatic hydroxyl groups excluding tert-OH is 1. The lowest BCUT2D eigenvalue weighted by Gasteiger charge is -2.11. The molecule has 1 aromatic rings. The zero-order valence-corrected chi connectivity index (χ0v) is 8.59. The molecular formula is C10H10BrFO. The van der Waals surface area contributed by atoms with Crippen LogP contribution < -0.4 is 0 Å². The molecule has 70 valence electrons. The van der Waals surface area contributed by atoms with Crippen molar-refractivity contribution < 1.29 is 9.50 Å². The van der Waals surface area contributed by atoms with Crippen molar-refractivity contribution >= 4 is 15.9 Å². The highest BCUT2D eigenvalue weighted by atomic mass is 79.9. The van der Waals surface area contributed by atoms with Gasteiger partial charge in [-0.25, -0.2) is 4.39 Å². The Morgan fingerprint density at radius 1 is 1.46 bits per heavy atom. The van der Waals surface area contributed by atoms with Crippen LogP contribution in [0.5, 0.6) is 0 Å². The first-order chi connectivity index (χ1) is 6.18. The van der Waals surface area contributed by atoms with Crippen molar-refractivity contribution in [3.8, 4) is 0 Å². The highest BCUT2D eigenvalue weighted by molar-refractivity contribution is 9.10. The Balaban J connectivity index is 2.31. The van der Waals surface area contributed by atoms with E-state index in [1.807, 2.05) is 0 Å². The number of hydrogen-bond acceptors (Lipinski definition) is 1. The highest BCUT2D eigenvalue weighted by Crippen LogP contribution is 2.42. The number of hydrogen-bond donors (Lipinski definition) is 1. The fraction of sp³-hybridized carbons (Fsp3) is 0.400. The summed E-state index contributed by atoms with van der Waals surface area (Å²) in [6, 6.07) is 4.41. The lowest BCUT2D eigenvalue weighted by Crippen LogP contribution is -2.01. The van der Waals surface area contributed by atoms with Crippen molar-refractivity contribution in [1.29, 1.82) is 0 Å². The molecule has 1 fully saturated rings. The largest absolute Gasteiger partial charge is 0.388 e. The van der Waals surface area contributed by atoms with Crippen molar-refractivity contribution in [2.24, 2.45) is 5.92 Å². The monoisotopic (exact) mass is 244 g/mol. The Labute approximate surface area is 84.7 Å². The van der Waals surface area contributed by atoms with Gasteiger partial charge in [0.1, 0.15) is 5.82 Å². The summed E-state index contributed by atoms with van der Waals surface area (Å²) in [5.74, 6) is 0.0380. The predicted molar refractivity (Wildman–Crippen MR) is 51.8 cm³/mol. The molecule has 1 N–H and O–H groups in total. The van der Waals surface area contributed by atoms with Gasteiger partial charge in [-0.3, -0.25) is 0 Å². The van der Waals surface area contributed by atoms with E-state index in [1.165, 1.54) is 12.1 Å². The van der Waals surface area contributed by atoms with Crippen LogP contribution in [0.25, 0.3) is 0 Å². The number of aliphatic hydroxyl groups is 1. The third kappa shape index (κ3) is 1.92. The molecule has 3 heteroatoms. The van der Waals surface area contributed by atoms with Crippen LogP contribution in [0.2, 0.25) is 0 Å². The van der Waals surface area contributed by atoms with Crippen LogP contribution in [0.15, 0.2) is 22.7 Å². The maximum Gasteiger partial charge on any atom is 0.123 e. The smallest absolute Gasteiger partial charge is 0.123 e. The van der Waals surface area contributed by atoms with Crippen LogP contribution in [0.3, 0.4) is 0 Å². The molecule has 1 aromatic carbocycles. The van der Waals surface area contributed by atoms with Crippen LogP contribution in [0, 0.1) is 11.7 Å². The zero-order valence-electron chi connectivity index (χ0n) is 7.00. The topological polar surface area (TPSA) is 20.2 Å². The standard InChI is InChI=1S/C10H10BrFO/c11-9-4-3-7(12)5-8(9)10(13)6-1-2-6/h3-6,10,13H,1-2H2. The second-order valence-corrected chi connectivity index (χ2v) is 4.30. The highest BCUT2D eigenvalue weighted by Gasteiger charge is 2.31. The minimum absolute atomic E-state index is 0.294. The molecular weight excluding hydrogens is 235 g/mol. The van der Waals surface area contributed by atoms with Crippen molar-refractivity contribution in [2.75, 3.05) is 0 Å². The Hall–Kier alpha value is -0.410. The molecule has 0 aromatic heterocycles. The van der Waals surface area contributed by atoms with Gasteiger partial charge in [0.25, 0.3) is 0 Å². The molecule has 0 saturated heterocycles. The lowest BCUT2D eigenvalue weighted by atomic mass is 10.1. The van der Waals surface area contributed by atoms with E-state index in [1.54, 1.807) is 6.07 Å². The van der Waals surface area contributed by atoms with E-state index in [0.29, 0.717) is 11.5 Å². The molecule has 0 amide bonds. The fourth-order valence-corrected chi connectivity index (χ4v) is 1.89. The molecule has 1 unspecified atom stereocenters. The van der Waals surface area contributed by atoms with Crippen molar-refractivity contribution in [3.05, 3.63) is 34.1 Å². The summed E-state index contributed by atoms with van der Waals surface area (Å²) < 4.78 is 13.6. The molecule has 0 radical (unpaired) electrons. The van der Waals surface area contributed by atoms with Crippen molar-refractivity contribution in [1.82, 2.24) is 0 Å². The maximum atomic E-state index is 12.9. The van der Waals surface area contributed by atoms with E-state index < -0.39 is 6.10 Å². The number of halogens is 2. The predicted octanol–water partition coefficient (Wildman–Crippen LogP) is 3.03. The summed E-state index contributed by atoms with van der Waals surface area (Å²) in [4.78, 5) is 0. The van der Waals surface area contributed by atoms with Crippen molar-refractivity contribution in [2.45, 2.75) is 18.9 Å². The second-order valence-electron chi connectivity index (χ2n) is 3.45. The van der Waals surface area contributed by atoms with E-state index in [0.717, 1.165) is 17.3 Å². The molecule has 1 atom stereocenters. The number of rotatable bonds is 2. The molecule has 1 aliphatic rings. The maximum absolute atomic E-state index is 12.9. The molecule has 1 nitrogen and oxygen atoms in total. The van der Waals surface area contributed by atoms with Crippen LogP contribution in [0.4, 0.5) is 4.39 Å². The molecule has 13 heavy (non-hydrogen) atoms. The normalized spacial score (nSPS) is 18.7. The fourth-order valence-electron chi connectivity index (χ4n) is 1.41. The van der Waals surface area contributed by atoms with Gasteiger partial charge in [-0.2, -0.15) is 0 Å². The molecule has 0 spiro atoms. The third-order valence-electron chi connectivity index (χ3n) is 2.35. The van der Waals surface area contributed by atoms with Gasteiger partial charge in [-0.15, -0.1) is 0 Å². The van der Waals surface area contributed by atoms with Gasteiger partial charge in [0.05, 0.1) is 6.10 Å². The Morgan fingerprint density at radius 2 is 2.15 bits per heavy atom. The summed E-state index contributed by atoms with van der Waals surface area (Å²) in [5, 5.41) is 9.77. The van der Waals surface area contributed by atoms with E-state index in [4.69, 9.17) is 0 Å². The molecule has 0 bridgehead atoms. The van der Waals surface area contributed by atoms with Gasteiger partial charge in [-0.05, 0) is 42.5 Å². The van der Waals surface area contributed by atoms with Gasteiger partial charge in [-0.1, -0.05) is 15.9 Å². The zero-order chi connectivity index (χ0) is 9.42. The summed E-state index contributed by atoms with van der Waals surface area (Å²) in [6.45, 7) is 0. The average molecular weight is 245 g/mol. The SMILES string of the molecule is OC(c1cc(F)ccc1Br)C1CC1. The van der Waals surface area contributed by atoms with Gasteiger partial charge in [0, 0.05) is 4.47 Å². The van der Waals surface area contributed by atoms with E-state index >= 15 is 0 Å². The van der Waals surface area contributed by atoms with Gasteiger partial charge >= 0.3 is 0 Å². The van der Waals surface area contributed by atoms with Gasteiger partial charge < -0.3 is 5.11 Å². The molecule has 1 aliphatic carbocycles. The van der Waals surface area contributed by atoms with Crippen molar-refractivity contribution in [3.63, 3.8) is 0 Å². The molecule has 0 heterocycles. The summed E-state index contributed by atoms with van der Waals surface area (Å²) in [7, 11) is 0. The first-order valence-corrected chi connectivity index (χ1v) is 5.11. The number of benzene rings is 1. The quantitative estimate of drug-likeness (QED) is 0.849. The van der Waals surface area contributed by atoms with E-state index in [2.05, 4.69) is 15.9 Å². The minimum atomic E-state index is -0.509. The molecule has 1 saturated carbocycles. The first-order valence-electron chi connectivity index (χ1n) is 4.31. The first kappa shape index (κ1) is 9.16. The van der Waals surface area contributed by atoms with Crippen LogP contribution >= 0.6 is 15.9 Å². The minimum Gasteiger partial charge on any atom is -0.388 e. The van der Waals surface area contributed by atoms with E-state index in [9.17, 15) is 9.50 Å². The Bertz CT molecular complexity index is 323. The van der Waals surface area contributed by atoms with Gasteiger partial charge in [0.15, 0.2) is 0 Å². The second kappa shape index (κ2) is 3.39. The Morgan fingerprint density at radius 3 is 2.77 bits per heavy atom. The Kier molecular flexibility index (Phi) is 2.39. The van der Waals surface area contributed by atoms with Crippen LogP contribution in [-0.2, 0) is 0 Å². The summed E-state index contributed by atoms with van der Waals surface area (Å²) >= 11 is 3.30. The average Bonchev–Trinajstić information content (AvgIpc) is 2.91. The molecule has 2 rings (SSSR count). The lowest BCUT2D eigenvalue weighted by molar-refractivity contribution is 0.152. The molecule has 0 aliphatic heterocycles. The summed E-state index contributed by atoms with van der Waals surface area (Å²) in [6.07, 6.45) is 1.58.